The Morgan fingerprint density at radius 1 is 1.25 bits per heavy atom. The second kappa shape index (κ2) is 7.70. The Hall–Kier alpha value is -1.34. The molecule has 1 N–H and O–H groups in total. The minimum atomic E-state index is -1.16. The molecule has 7 heteroatoms. The summed E-state index contributed by atoms with van der Waals surface area (Å²) in [6.07, 6.45) is 3.66. The molecule has 1 spiro atoms. The molecule has 0 radical (unpaired) electrons. The molecule has 1 aliphatic carbocycles. The highest BCUT2D eigenvalue weighted by Gasteiger charge is 2.55. The Morgan fingerprint density at radius 3 is 2.50 bits per heavy atom. The molecule has 2 fully saturated rings. The van der Waals surface area contributed by atoms with E-state index in [1.54, 1.807) is 12.0 Å². The summed E-state index contributed by atoms with van der Waals surface area (Å²) in [4.78, 5) is 25.9. The van der Waals surface area contributed by atoms with Crippen molar-refractivity contribution >= 4 is 12.1 Å². The van der Waals surface area contributed by atoms with Crippen molar-refractivity contribution in [3.8, 4) is 0 Å². The zero-order valence-corrected chi connectivity index (χ0v) is 14.9. The molecule has 0 aromatic heterocycles. The zero-order valence-electron chi connectivity index (χ0n) is 14.9. The maximum atomic E-state index is 12.8. The minimum absolute atomic E-state index is 0.233. The number of hydrogen-bond acceptors (Lipinski definition) is 5. The summed E-state index contributed by atoms with van der Waals surface area (Å²) in [5, 5.41) is 9.33. The fraction of sp³-hybridized carbons (Fsp3) is 0.882. The average molecular weight is 343 g/mol. The van der Waals surface area contributed by atoms with Crippen LogP contribution in [0.4, 0.5) is 4.79 Å². The number of aliphatic carboxylic acids is 1. The first-order chi connectivity index (χ1) is 11.3. The second-order valence-electron chi connectivity index (χ2n) is 7.29. The highest BCUT2D eigenvalue weighted by molar-refractivity contribution is 5.78. The van der Waals surface area contributed by atoms with E-state index in [4.69, 9.17) is 14.2 Å². The normalized spacial score (nSPS) is 23.2. The largest absolute Gasteiger partial charge is 0.479 e. The van der Waals surface area contributed by atoms with Gasteiger partial charge in [-0.1, -0.05) is 6.42 Å². The van der Waals surface area contributed by atoms with Crippen LogP contribution in [0.3, 0.4) is 0 Å². The van der Waals surface area contributed by atoms with Crippen molar-refractivity contribution in [1.29, 1.82) is 0 Å². The SMILES string of the molecule is COCCC[C@@H](OC(=O)N1C(C)(C)COC12CCCCC2)C(=O)O. The number of nitrogens with zero attached hydrogens (tertiary/aromatic N) is 1. The van der Waals surface area contributed by atoms with E-state index in [1.807, 2.05) is 13.8 Å². The van der Waals surface area contributed by atoms with Gasteiger partial charge in [-0.25, -0.2) is 9.59 Å². The van der Waals surface area contributed by atoms with E-state index in [0.717, 1.165) is 32.1 Å². The van der Waals surface area contributed by atoms with Gasteiger partial charge in [-0.2, -0.15) is 0 Å². The standard InChI is InChI=1S/C17H29NO6/c1-16(2)12-23-17(9-5-4-6-10-17)18(16)15(21)24-13(14(19)20)8-7-11-22-3/h13H,4-12H2,1-3H3,(H,19,20)/t13-/m1/s1. The number of ether oxygens (including phenoxy) is 3. The summed E-state index contributed by atoms with van der Waals surface area (Å²) in [7, 11) is 1.55. The molecule has 1 saturated heterocycles. The lowest BCUT2D eigenvalue weighted by Gasteiger charge is -2.43. The van der Waals surface area contributed by atoms with Crippen molar-refractivity contribution in [1.82, 2.24) is 4.90 Å². The zero-order chi connectivity index (χ0) is 17.8. The molecule has 138 valence electrons. The van der Waals surface area contributed by atoms with Crippen molar-refractivity contribution in [2.24, 2.45) is 0 Å². The van der Waals surface area contributed by atoms with Crippen LogP contribution in [0.15, 0.2) is 0 Å². The molecule has 0 aromatic rings. The van der Waals surface area contributed by atoms with Gasteiger partial charge in [0.05, 0.1) is 12.1 Å². The number of carbonyl (C=O) groups excluding carboxylic acids is 1. The maximum Gasteiger partial charge on any atom is 0.413 e. The third kappa shape index (κ3) is 4.00. The first kappa shape index (κ1) is 19.0. The van der Waals surface area contributed by atoms with Gasteiger partial charge in [-0.05, 0) is 52.4 Å². The van der Waals surface area contributed by atoms with E-state index in [-0.39, 0.29) is 6.42 Å². The van der Waals surface area contributed by atoms with Gasteiger partial charge in [0.25, 0.3) is 0 Å². The van der Waals surface area contributed by atoms with Crippen LogP contribution < -0.4 is 0 Å². The molecular formula is C17H29NO6. The van der Waals surface area contributed by atoms with Crippen LogP contribution >= 0.6 is 0 Å². The fourth-order valence-electron chi connectivity index (χ4n) is 3.70. The molecule has 2 rings (SSSR count). The Kier molecular flexibility index (Phi) is 6.09. The van der Waals surface area contributed by atoms with Gasteiger partial charge in [0.1, 0.15) is 5.72 Å². The van der Waals surface area contributed by atoms with Crippen LogP contribution in [0.25, 0.3) is 0 Å². The highest BCUT2D eigenvalue weighted by Crippen LogP contribution is 2.44. The van der Waals surface area contributed by atoms with Crippen molar-refractivity contribution in [3.63, 3.8) is 0 Å². The van der Waals surface area contributed by atoms with Gasteiger partial charge in [0.2, 0.25) is 6.10 Å². The molecule has 1 heterocycles. The Morgan fingerprint density at radius 2 is 1.92 bits per heavy atom. The third-order valence-electron chi connectivity index (χ3n) is 4.86. The molecule has 1 atom stereocenters. The first-order valence-electron chi connectivity index (χ1n) is 8.69. The average Bonchev–Trinajstić information content (AvgIpc) is 2.78. The van der Waals surface area contributed by atoms with Crippen molar-refractivity contribution in [2.75, 3.05) is 20.3 Å². The number of hydrogen-bond donors (Lipinski definition) is 1. The van der Waals surface area contributed by atoms with Crippen molar-refractivity contribution in [2.45, 2.75) is 76.2 Å². The molecule has 0 bridgehead atoms. The quantitative estimate of drug-likeness (QED) is 0.747. The topological polar surface area (TPSA) is 85.3 Å². The summed E-state index contributed by atoms with van der Waals surface area (Å²) in [5.74, 6) is -1.13. The van der Waals surface area contributed by atoms with Gasteiger partial charge >= 0.3 is 12.1 Å². The summed E-state index contributed by atoms with van der Waals surface area (Å²) in [6.45, 7) is 4.73. The van der Waals surface area contributed by atoms with Crippen molar-refractivity contribution < 1.29 is 28.9 Å². The molecule has 2 aliphatic rings. The molecule has 7 nitrogen and oxygen atoms in total. The van der Waals surface area contributed by atoms with E-state index >= 15 is 0 Å². The Bertz CT molecular complexity index is 458. The van der Waals surface area contributed by atoms with Crippen LogP contribution in [0.2, 0.25) is 0 Å². The smallest absolute Gasteiger partial charge is 0.413 e. The van der Waals surface area contributed by atoms with Crippen LogP contribution in [0.1, 0.15) is 58.8 Å². The Balaban J connectivity index is 2.10. The van der Waals surface area contributed by atoms with Gasteiger partial charge in [-0.15, -0.1) is 0 Å². The predicted molar refractivity (Wildman–Crippen MR) is 86.7 cm³/mol. The van der Waals surface area contributed by atoms with Crippen LogP contribution in [-0.4, -0.2) is 59.8 Å². The minimum Gasteiger partial charge on any atom is -0.479 e. The highest BCUT2D eigenvalue weighted by atomic mass is 16.6. The number of rotatable bonds is 6. The fourth-order valence-corrected chi connectivity index (χ4v) is 3.70. The summed E-state index contributed by atoms with van der Waals surface area (Å²) in [5.41, 5.74) is -1.15. The monoisotopic (exact) mass is 343 g/mol. The number of methoxy groups -OCH3 is 1. The lowest BCUT2D eigenvalue weighted by atomic mass is 9.89. The summed E-state index contributed by atoms with van der Waals surface area (Å²) in [6, 6.07) is 0. The van der Waals surface area contributed by atoms with Gasteiger partial charge in [0.15, 0.2) is 0 Å². The molecule has 1 amide bonds. The number of carboxylic acids is 1. The molecule has 24 heavy (non-hydrogen) atoms. The van der Waals surface area contributed by atoms with E-state index in [0.29, 0.717) is 19.6 Å². The predicted octanol–water partition coefficient (Wildman–Crippen LogP) is 2.77. The third-order valence-corrected chi connectivity index (χ3v) is 4.86. The lowest BCUT2D eigenvalue weighted by Crippen LogP contribution is -2.57. The van der Waals surface area contributed by atoms with E-state index < -0.39 is 29.4 Å². The number of carboxylic acid groups (broad SMARTS) is 1. The summed E-state index contributed by atoms with van der Waals surface area (Å²) < 4.78 is 16.3. The maximum absolute atomic E-state index is 12.8. The van der Waals surface area contributed by atoms with E-state index in [2.05, 4.69) is 0 Å². The second-order valence-corrected chi connectivity index (χ2v) is 7.29. The molecule has 0 unspecified atom stereocenters. The van der Waals surface area contributed by atoms with Gasteiger partial charge in [-0.3, -0.25) is 4.90 Å². The van der Waals surface area contributed by atoms with Gasteiger partial charge in [0, 0.05) is 13.7 Å². The van der Waals surface area contributed by atoms with Crippen LogP contribution in [-0.2, 0) is 19.0 Å². The van der Waals surface area contributed by atoms with Crippen LogP contribution in [0, 0.1) is 0 Å². The molecule has 1 aliphatic heterocycles. The molecular weight excluding hydrogens is 314 g/mol. The van der Waals surface area contributed by atoms with Crippen molar-refractivity contribution in [3.05, 3.63) is 0 Å². The molecule has 1 saturated carbocycles. The number of amides is 1. The first-order valence-corrected chi connectivity index (χ1v) is 8.69. The van der Waals surface area contributed by atoms with Gasteiger partial charge < -0.3 is 19.3 Å². The van der Waals surface area contributed by atoms with Crippen LogP contribution in [0.5, 0.6) is 0 Å². The number of carbonyl (C=O) groups is 2. The summed E-state index contributed by atoms with van der Waals surface area (Å²) >= 11 is 0. The van der Waals surface area contributed by atoms with E-state index in [9.17, 15) is 14.7 Å². The Labute approximate surface area is 143 Å². The van der Waals surface area contributed by atoms with E-state index in [1.165, 1.54) is 0 Å². The molecule has 0 aromatic carbocycles. The lowest BCUT2D eigenvalue weighted by molar-refractivity contribution is -0.151.